The molecule has 3 rings (SSSR count). The van der Waals surface area contributed by atoms with Crippen molar-refractivity contribution in [1.29, 1.82) is 0 Å². The van der Waals surface area contributed by atoms with Gasteiger partial charge < -0.3 is 0 Å². The standard InChI is InChI=1S/C13H17N3Se/c1-9(8-10-4-2-5-10)14-11-6-3-7-12-13(11)16-17-15-12/h3,6-7,9-10,14H,2,4-5,8H2,1H3. The molecule has 0 bridgehead atoms. The van der Waals surface area contributed by atoms with Gasteiger partial charge in [0.15, 0.2) is 0 Å². The number of hydrogen-bond acceptors (Lipinski definition) is 3. The quantitative estimate of drug-likeness (QED) is 0.849. The second-order valence-electron chi connectivity index (χ2n) is 5.02. The van der Waals surface area contributed by atoms with Crippen LogP contribution >= 0.6 is 0 Å². The maximum absolute atomic E-state index is 4.50. The van der Waals surface area contributed by atoms with Crippen LogP contribution in [0.2, 0.25) is 0 Å². The van der Waals surface area contributed by atoms with E-state index in [1.165, 1.54) is 25.7 Å². The summed E-state index contributed by atoms with van der Waals surface area (Å²) in [4.78, 5) is 0. The summed E-state index contributed by atoms with van der Waals surface area (Å²) in [5, 5.41) is 3.60. The third-order valence-electron chi connectivity index (χ3n) is 3.60. The minimum atomic E-state index is 0.0668. The second-order valence-corrected chi connectivity index (χ2v) is 6.12. The number of nitrogens with zero attached hydrogens (tertiary/aromatic N) is 2. The predicted molar refractivity (Wildman–Crippen MR) is 71.4 cm³/mol. The van der Waals surface area contributed by atoms with Crippen LogP contribution in [-0.4, -0.2) is 20.6 Å². The number of rotatable bonds is 4. The van der Waals surface area contributed by atoms with E-state index in [-0.39, 0.29) is 14.6 Å². The van der Waals surface area contributed by atoms with E-state index in [9.17, 15) is 0 Å². The zero-order valence-electron chi connectivity index (χ0n) is 10.0. The van der Waals surface area contributed by atoms with Gasteiger partial charge in [0, 0.05) is 0 Å². The Morgan fingerprint density at radius 2 is 2.29 bits per heavy atom. The van der Waals surface area contributed by atoms with Crippen molar-refractivity contribution in [1.82, 2.24) is 0 Å². The van der Waals surface area contributed by atoms with E-state index in [0.717, 1.165) is 23.0 Å². The Labute approximate surface area is 108 Å². The van der Waals surface area contributed by atoms with Crippen molar-refractivity contribution < 1.29 is 0 Å². The molecule has 1 aliphatic carbocycles. The number of fused-ring (bicyclic) bond motifs is 1. The van der Waals surface area contributed by atoms with Crippen LogP contribution in [0.25, 0.3) is 0 Å². The summed E-state index contributed by atoms with van der Waals surface area (Å²) in [6, 6.07) is 6.78. The average molecular weight is 294 g/mol. The van der Waals surface area contributed by atoms with Crippen LogP contribution in [0.5, 0.6) is 0 Å². The van der Waals surface area contributed by atoms with Gasteiger partial charge in [0.25, 0.3) is 0 Å². The van der Waals surface area contributed by atoms with Gasteiger partial charge in [-0.1, -0.05) is 0 Å². The van der Waals surface area contributed by atoms with Gasteiger partial charge in [-0.3, -0.25) is 0 Å². The monoisotopic (exact) mass is 295 g/mol. The molecule has 1 aliphatic heterocycles. The molecule has 1 N–H and O–H groups in total. The molecule has 1 unspecified atom stereocenters. The number of nitrogens with one attached hydrogen (secondary N) is 1. The maximum atomic E-state index is 4.50. The summed E-state index contributed by atoms with van der Waals surface area (Å²) < 4.78 is 8.91. The predicted octanol–water partition coefficient (Wildman–Crippen LogP) is 4.03. The molecule has 0 amide bonds. The Morgan fingerprint density at radius 1 is 1.41 bits per heavy atom. The third kappa shape index (κ3) is 2.38. The number of anilines is 1. The number of benzene rings is 1. The van der Waals surface area contributed by atoms with Crippen molar-refractivity contribution in [3.8, 4) is 0 Å². The zero-order chi connectivity index (χ0) is 11.7. The molecule has 1 aromatic rings. The Bertz CT molecular complexity index is 487. The van der Waals surface area contributed by atoms with E-state index < -0.39 is 0 Å². The SMILES string of the molecule is CC(CC1CCC1)Nc1cccc2c1N=[Se]=N2. The summed E-state index contributed by atoms with van der Waals surface area (Å²) in [6.07, 6.45) is 5.55. The fourth-order valence-electron chi connectivity index (χ4n) is 2.48. The minimum absolute atomic E-state index is 0.0668. The zero-order valence-corrected chi connectivity index (χ0v) is 11.7. The van der Waals surface area contributed by atoms with Gasteiger partial charge in [-0.15, -0.1) is 0 Å². The molecule has 0 saturated heterocycles. The summed E-state index contributed by atoms with van der Waals surface area (Å²) in [5.41, 5.74) is 3.30. The topological polar surface area (TPSA) is 36.8 Å². The first-order chi connectivity index (χ1) is 8.33. The molecule has 1 fully saturated rings. The molecule has 4 heteroatoms. The third-order valence-corrected chi connectivity index (χ3v) is 4.74. The van der Waals surface area contributed by atoms with Crippen molar-refractivity contribution in [3.05, 3.63) is 18.2 Å². The molecule has 1 atom stereocenters. The summed E-state index contributed by atoms with van der Waals surface area (Å²) in [6.45, 7) is 2.27. The van der Waals surface area contributed by atoms with Gasteiger partial charge in [-0.25, -0.2) is 0 Å². The fraction of sp³-hybridized carbons (Fsp3) is 0.538. The normalized spacial score (nSPS) is 19.4. The second kappa shape index (κ2) is 4.79. The first-order valence-corrected chi connectivity index (χ1v) is 7.84. The molecular weight excluding hydrogens is 277 g/mol. The van der Waals surface area contributed by atoms with Gasteiger partial charge in [0.2, 0.25) is 0 Å². The molecule has 0 aromatic heterocycles. The van der Waals surface area contributed by atoms with E-state index in [0.29, 0.717) is 6.04 Å². The van der Waals surface area contributed by atoms with Gasteiger partial charge in [0.1, 0.15) is 0 Å². The Kier molecular flexibility index (Phi) is 3.17. The molecule has 1 heterocycles. The molecule has 2 aliphatic rings. The molecule has 90 valence electrons. The van der Waals surface area contributed by atoms with Gasteiger partial charge >= 0.3 is 108 Å². The van der Waals surface area contributed by atoms with Crippen molar-refractivity contribution in [2.24, 2.45) is 13.8 Å². The molecule has 0 spiro atoms. The van der Waals surface area contributed by atoms with E-state index in [4.69, 9.17) is 0 Å². The summed E-state index contributed by atoms with van der Waals surface area (Å²) in [5.74, 6) is 0.945. The first kappa shape index (κ1) is 11.2. The molecule has 1 saturated carbocycles. The van der Waals surface area contributed by atoms with E-state index in [1.807, 2.05) is 0 Å². The van der Waals surface area contributed by atoms with Crippen molar-refractivity contribution in [2.45, 2.75) is 38.6 Å². The Balaban J connectivity index is 1.68. The summed E-state index contributed by atoms with van der Waals surface area (Å²) >= 11 is 0.0668. The summed E-state index contributed by atoms with van der Waals surface area (Å²) in [7, 11) is 0. The van der Waals surface area contributed by atoms with Crippen molar-refractivity contribution >= 4 is 31.6 Å². The molecule has 3 nitrogen and oxygen atoms in total. The van der Waals surface area contributed by atoms with Crippen LogP contribution in [0.15, 0.2) is 26.1 Å². The first-order valence-electron chi connectivity index (χ1n) is 6.31. The Morgan fingerprint density at radius 3 is 3.06 bits per heavy atom. The van der Waals surface area contributed by atoms with Crippen LogP contribution in [0, 0.1) is 5.92 Å². The molecular formula is C13H17N3Se. The average Bonchev–Trinajstić information content (AvgIpc) is 2.73. The molecule has 1 aromatic carbocycles. The van der Waals surface area contributed by atoms with Crippen molar-refractivity contribution in [2.75, 3.05) is 5.32 Å². The van der Waals surface area contributed by atoms with Crippen LogP contribution in [-0.2, 0) is 0 Å². The molecule has 17 heavy (non-hydrogen) atoms. The number of hydrogen-bond donors (Lipinski definition) is 1. The van der Waals surface area contributed by atoms with Crippen LogP contribution in [0.4, 0.5) is 17.1 Å². The van der Waals surface area contributed by atoms with Gasteiger partial charge in [-0.05, 0) is 0 Å². The van der Waals surface area contributed by atoms with Gasteiger partial charge in [0.05, 0.1) is 0 Å². The van der Waals surface area contributed by atoms with Gasteiger partial charge in [-0.2, -0.15) is 0 Å². The van der Waals surface area contributed by atoms with Crippen LogP contribution in [0.3, 0.4) is 0 Å². The van der Waals surface area contributed by atoms with E-state index in [2.05, 4.69) is 38.4 Å². The Hall–Kier alpha value is -0.861. The van der Waals surface area contributed by atoms with E-state index >= 15 is 0 Å². The van der Waals surface area contributed by atoms with Crippen LogP contribution < -0.4 is 5.32 Å². The van der Waals surface area contributed by atoms with Crippen LogP contribution in [0.1, 0.15) is 32.6 Å². The van der Waals surface area contributed by atoms with E-state index in [1.54, 1.807) is 0 Å². The van der Waals surface area contributed by atoms with Crippen molar-refractivity contribution in [3.63, 3.8) is 0 Å². The fourth-order valence-corrected chi connectivity index (χ4v) is 3.63. The molecule has 0 radical (unpaired) electrons.